The molecule has 0 saturated heterocycles. The summed E-state index contributed by atoms with van der Waals surface area (Å²) in [5.74, 6) is -0.307. The zero-order valence-electron chi connectivity index (χ0n) is 13.9. The van der Waals surface area contributed by atoms with Crippen molar-refractivity contribution in [2.24, 2.45) is 11.1 Å². The predicted octanol–water partition coefficient (Wildman–Crippen LogP) is 3.36. The molecule has 2 amide bonds. The number of benzene rings is 1. The molecule has 0 atom stereocenters. The number of nitrogens with one attached hydrogen (secondary N) is 2. The number of rotatable bonds is 5. The van der Waals surface area contributed by atoms with Crippen LogP contribution in [0.25, 0.3) is 0 Å². The summed E-state index contributed by atoms with van der Waals surface area (Å²) in [6.07, 6.45) is 5.94. The number of hydrogen-bond donors (Lipinski definition) is 3. The molecule has 0 aliphatic heterocycles. The minimum atomic E-state index is -0.253. The Balaban J connectivity index is 0.00000288. The predicted molar refractivity (Wildman–Crippen MR) is 99.9 cm³/mol. The molecule has 1 saturated carbocycles. The highest BCUT2D eigenvalue weighted by Crippen LogP contribution is 2.38. The average molecular weight is 374 g/mol. The number of carbonyl (C=O) groups excluding carboxylic acids is 2. The number of hydrogen-bond acceptors (Lipinski definition) is 3. The Hall–Kier alpha value is -1.30. The third-order valence-corrected chi connectivity index (χ3v) is 4.92. The zero-order valence-corrected chi connectivity index (χ0v) is 15.4. The lowest BCUT2D eigenvalue weighted by Crippen LogP contribution is -2.36. The molecule has 0 bridgehead atoms. The number of halogens is 2. The van der Waals surface area contributed by atoms with Gasteiger partial charge in [0.2, 0.25) is 5.91 Å². The summed E-state index contributed by atoms with van der Waals surface area (Å²) in [7, 11) is 1.55. The van der Waals surface area contributed by atoms with Gasteiger partial charge in [-0.1, -0.05) is 30.9 Å². The van der Waals surface area contributed by atoms with Crippen molar-refractivity contribution < 1.29 is 9.59 Å². The van der Waals surface area contributed by atoms with Crippen molar-refractivity contribution in [2.75, 3.05) is 18.9 Å². The van der Waals surface area contributed by atoms with Crippen LogP contribution in [-0.2, 0) is 4.79 Å². The third kappa shape index (κ3) is 5.10. The Morgan fingerprint density at radius 3 is 2.46 bits per heavy atom. The second-order valence-corrected chi connectivity index (χ2v) is 6.67. The second-order valence-electron chi connectivity index (χ2n) is 6.26. The van der Waals surface area contributed by atoms with Gasteiger partial charge in [-0.15, -0.1) is 12.4 Å². The molecule has 5 nitrogen and oxygen atoms in total. The highest BCUT2D eigenvalue weighted by molar-refractivity contribution is 6.34. The third-order valence-electron chi connectivity index (χ3n) is 4.61. The molecular weight excluding hydrogens is 349 g/mol. The van der Waals surface area contributed by atoms with E-state index in [0.29, 0.717) is 29.2 Å². The van der Waals surface area contributed by atoms with E-state index in [4.69, 9.17) is 17.3 Å². The van der Waals surface area contributed by atoms with Crippen molar-refractivity contribution in [3.63, 3.8) is 0 Å². The van der Waals surface area contributed by atoms with Gasteiger partial charge in [0.15, 0.2) is 0 Å². The van der Waals surface area contributed by atoms with Crippen LogP contribution in [0.1, 0.15) is 48.9 Å². The molecule has 0 aromatic heterocycles. The fourth-order valence-corrected chi connectivity index (χ4v) is 3.48. The minimum absolute atomic E-state index is 0. The molecule has 1 fully saturated rings. The van der Waals surface area contributed by atoms with E-state index in [2.05, 4.69) is 10.6 Å². The van der Waals surface area contributed by atoms with Gasteiger partial charge >= 0.3 is 0 Å². The standard InChI is InChI=1S/C17H24ClN3O2.ClH/c1-20-16(23)13-6-5-12(9-14(13)18)21-15(22)10-17(11-19)7-3-2-4-8-17;/h5-6,9H,2-4,7-8,10-11,19H2,1H3,(H,20,23)(H,21,22);1H. The summed E-state index contributed by atoms with van der Waals surface area (Å²) in [6, 6.07) is 4.89. The summed E-state index contributed by atoms with van der Waals surface area (Å²) in [6.45, 7) is 0.538. The van der Waals surface area contributed by atoms with E-state index < -0.39 is 0 Å². The van der Waals surface area contributed by atoms with Crippen LogP contribution < -0.4 is 16.4 Å². The van der Waals surface area contributed by atoms with Crippen molar-refractivity contribution in [1.82, 2.24) is 5.32 Å². The highest BCUT2D eigenvalue weighted by atomic mass is 35.5. The maximum absolute atomic E-state index is 12.3. The normalized spacial score (nSPS) is 16.0. The zero-order chi connectivity index (χ0) is 16.9. The highest BCUT2D eigenvalue weighted by Gasteiger charge is 2.32. The first-order valence-electron chi connectivity index (χ1n) is 8.01. The molecule has 7 heteroatoms. The van der Waals surface area contributed by atoms with Gasteiger partial charge in [-0.05, 0) is 43.0 Å². The Morgan fingerprint density at radius 2 is 1.92 bits per heavy atom. The van der Waals surface area contributed by atoms with E-state index in [0.717, 1.165) is 25.7 Å². The number of nitrogens with two attached hydrogens (primary N) is 1. The number of amides is 2. The van der Waals surface area contributed by atoms with Crippen molar-refractivity contribution >= 4 is 41.5 Å². The molecular formula is C17H25Cl2N3O2. The lowest BCUT2D eigenvalue weighted by molar-refractivity contribution is -0.118. The van der Waals surface area contributed by atoms with E-state index in [1.807, 2.05) is 0 Å². The van der Waals surface area contributed by atoms with Crippen LogP contribution in [0.3, 0.4) is 0 Å². The van der Waals surface area contributed by atoms with Crippen LogP contribution in [0, 0.1) is 5.41 Å². The molecule has 0 heterocycles. The summed E-state index contributed by atoms with van der Waals surface area (Å²) < 4.78 is 0. The van der Waals surface area contributed by atoms with Gasteiger partial charge < -0.3 is 16.4 Å². The molecule has 1 aliphatic rings. The molecule has 0 spiro atoms. The van der Waals surface area contributed by atoms with Gasteiger partial charge in [-0.3, -0.25) is 9.59 Å². The monoisotopic (exact) mass is 373 g/mol. The molecule has 1 aromatic rings. The van der Waals surface area contributed by atoms with E-state index in [1.54, 1.807) is 25.2 Å². The maximum Gasteiger partial charge on any atom is 0.252 e. The van der Waals surface area contributed by atoms with Crippen LogP contribution in [-0.4, -0.2) is 25.4 Å². The average Bonchev–Trinajstić information content (AvgIpc) is 2.55. The maximum atomic E-state index is 12.3. The molecule has 1 aliphatic carbocycles. The Kier molecular flexibility index (Phi) is 8.00. The molecule has 4 N–H and O–H groups in total. The van der Waals surface area contributed by atoms with Gasteiger partial charge in [-0.25, -0.2) is 0 Å². The smallest absolute Gasteiger partial charge is 0.252 e. The lowest BCUT2D eigenvalue weighted by Gasteiger charge is -2.35. The van der Waals surface area contributed by atoms with Crippen molar-refractivity contribution in [2.45, 2.75) is 38.5 Å². The van der Waals surface area contributed by atoms with E-state index >= 15 is 0 Å². The topological polar surface area (TPSA) is 84.2 Å². The molecule has 1 aromatic carbocycles. The summed E-state index contributed by atoms with van der Waals surface area (Å²) >= 11 is 6.10. The summed E-state index contributed by atoms with van der Waals surface area (Å²) in [5, 5.41) is 5.70. The van der Waals surface area contributed by atoms with Crippen LogP contribution in [0.5, 0.6) is 0 Å². The van der Waals surface area contributed by atoms with Crippen LogP contribution in [0.15, 0.2) is 18.2 Å². The van der Waals surface area contributed by atoms with Crippen molar-refractivity contribution in [3.8, 4) is 0 Å². The first-order valence-corrected chi connectivity index (χ1v) is 8.39. The van der Waals surface area contributed by atoms with Crippen molar-refractivity contribution in [3.05, 3.63) is 28.8 Å². The molecule has 2 rings (SSSR count). The lowest BCUT2D eigenvalue weighted by atomic mass is 9.71. The molecule has 0 radical (unpaired) electrons. The largest absolute Gasteiger partial charge is 0.355 e. The fraction of sp³-hybridized carbons (Fsp3) is 0.529. The second kappa shape index (κ2) is 9.25. The molecule has 0 unspecified atom stereocenters. The Morgan fingerprint density at radius 1 is 1.25 bits per heavy atom. The van der Waals surface area contributed by atoms with Crippen molar-refractivity contribution in [1.29, 1.82) is 0 Å². The van der Waals surface area contributed by atoms with Crippen LogP contribution >= 0.6 is 24.0 Å². The fourth-order valence-electron chi connectivity index (χ4n) is 3.21. The van der Waals surface area contributed by atoms with E-state index in [-0.39, 0.29) is 29.6 Å². The molecule has 134 valence electrons. The van der Waals surface area contributed by atoms with Crippen LogP contribution in [0.4, 0.5) is 5.69 Å². The van der Waals surface area contributed by atoms with Gasteiger partial charge in [-0.2, -0.15) is 0 Å². The quantitative estimate of drug-likeness (QED) is 0.739. The van der Waals surface area contributed by atoms with E-state index in [9.17, 15) is 9.59 Å². The van der Waals surface area contributed by atoms with E-state index in [1.165, 1.54) is 6.42 Å². The van der Waals surface area contributed by atoms with Gasteiger partial charge in [0.25, 0.3) is 5.91 Å². The minimum Gasteiger partial charge on any atom is -0.355 e. The Labute approximate surface area is 154 Å². The number of anilines is 1. The summed E-state index contributed by atoms with van der Waals surface area (Å²) in [4.78, 5) is 24.0. The summed E-state index contributed by atoms with van der Waals surface area (Å²) in [5.41, 5.74) is 6.83. The molecule has 24 heavy (non-hydrogen) atoms. The van der Waals surface area contributed by atoms with Gasteiger partial charge in [0, 0.05) is 19.2 Å². The Bertz CT molecular complexity index is 587. The first-order chi connectivity index (χ1) is 11.0. The SMILES string of the molecule is CNC(=O)c1ccc(NC(=O)CC2(CN)CCCCC2)cc1Cl.Cl. The van der Waals surface area contributed by atoms with Gasteiger partial charge in [0.05, 0.1) is 10.6 Å². The number of carbonyl (C=O) groups is 2. The first kappa shape index (κ1) is 20.7. The van der Waals surface area contributed by atoms with Crippen LogP contribution in [0.2, 0.25) is 5.02 Å². The van der Waals surface area contributed by atoms with Gasteiger partial charge in [0.1, 0.15) is 0 Å².